The highest BCUT2D eigenvalue weighted by atomic mass is 35.5. The van der Waals surface area contributed by atoms with Gasteiger partial charge >= 0.3 is 5.63 Å². The molecule has 5 rings (SSSR count). The summed E-state index contributed by atoms with van der Waals surface area (Å²) in [4.78, 5) is 12.2. The largest absolute Gasteiger partial charge is 0.506 e. The standard InChI is InChI=1S/C22H19ClN2O3/c1-11-9-18-20(14-3-2-4-15(14)22(27)28-18)21(26)19(11)17-10-16(24-25-17)12-5-7-13(23)8-6-12/h5-9,16,24,26H,2-4,10H2,1H3/t16-/m0/s1. The summed E-state index contributed by atoms with van der Waals surface area (Å²) in [7, 11) is 0. The van der Waals surface area contributed by atoms with Gasteiger partial charge in [0, 0.05) is 22.6 Å². The number of nitrogens with zero attached hydrogens (tertiary/aromatic N) is 1. The molecule has 0 bridgehead atoms. The molecule has 0 amide bonds. The molecule has 28 heavy (non-hydrogen) atoms. The molecule has 5 nitrogen and oxygen atoms in total. The van der Waals surface area contributed by atoms with Crippen molar-refractivity contribution in [1.82, 2.24) is 5.43 Å². The third kappa shape index (κ3) is 2.61. The quantitative estimate of drug-likeness (QED) is 0.632. The molecular weight excluding hydrogens is 376 g/mol. The summed E-state index contributed by atoms with van der Waals surface area (Å²) >= 11 is 5.98. The maximum absolute atomic E-state index is 12.2. The second-order valence-corrected chi connectivity index (χ2v) is 7.92. The summed E-state index contributed by atoms with van der Waals surface area (Å²) in [6.45, 7) is 1.90. The van der Waals surface area contributed by atoms with Crippen LogP contribution in [-0.2, 0) is 12.8 Å². The Morgan fingerprint density at radius 2 is 1.96 bits per heavy atom. The lowest BCUT2D eigenvalue weighted by atomic mass is 9.93. The molecule has 0 radical (unpaired) electrons. The van der Waals surface area contributed by atoms with Gasteiger partial charge in [0.05, 0.1) is 17.1 Å². The molecule has 0 unspecified atom stereocenters. The normalized spacial score (nSPS) is 18.2. The number of phenolic OH excluding ortho intramolecular Hbond substituents is 1. The summed E-state index contributed by atoms with van der Waals surface area (Å²) < 4.78 is 5.50. The molecule has 0 spiro atoms. The monoisotopic (exact) mass is 394 g/mol. The van der Waals surface area contributed by atoms with Gasteiger partial charge in [0.15, 0.2) is 0 Å². The van der Waals surface area contributed by atoms with Crippen LogP contribution in [0.1, 0.15) is 46.7 Å². The van der Waals surface area contributed by atoms with Crippen molar-refractivity contribution in [2.45, 2.75) is 38.6 Å². The van der Waals surface area contributed by atoms with Crippen molar-refractivity contribution >= 4 is 28.3 Å². The first-order valence-corrected chi connectivity index (χ1v) is 9.80. The molecule has 3 aromatic rings. The van der Waals surface area contributed by atoms with Gasteiger partial charge in [0.2, 0.25) is 0 Å². The van der Waals surface area contributed by atoms with Crippen LogP contribution < -0.4 is 11.1 Å². The van der Waals surface area contributed by atoms with Crippen LogP contribution >= 0.6 is 11.6 Å². The minimum atomic E-state index is -0.283. The van der Waals surface area contributed by atoms with Crippen LogP contribution in [0, 0.1) is 6.92 Å². The number of aromatic hydroxyl groups is 1. The van der Waals surface area contributed by atoms with Gasteiger partial charge in [-0.1, -0.05) is 23.7 Å². The average Bonchev–Trinajstić information content (AvgIpc) is 3.32. The molecular formula is C22H19ClN2O3. The summed E-state index contributed by atoms with van der Waals surface area (Å²) in [6.07, 6.45) is 3.05. The zero-order valence-electron chi connectivity index (χ0n) is 15.4. The van der Waals surface area contributed by atoms with Gasteiger partial charge in [-0.15, -0.1) is 0 Å². The fourth-order valence-corrected chi connectivity index (χ4v) is 4.52. The Morgan fingerprint density at radius 3 is 2.75 bits per heavy atom. The second-order valence-electron chi connectivity index (χ2n) is 7.49. The molecule has 6 heteroatoms. The van der Waals surface area contributed by atoms with Crippen molar-refractivity contribution in [3.63, 3.8) is 0 Å². The molecule has 1 aromatic heterocycles. The van der Waals surface area contributed by atoms with Gasteiger partial charge in [-0.2, -0.15) is 5.10 Å². The zero-order valence-corrected chi connectivity index (χ0v) is 16.1. The van der Waals surface area contributed by atoms with Crippen LogP contribution in [-0.4, -0.2) is 10.8 Å². The third-order valence-corrected chi connectivity index (χ3v) is 6.00. The Hall–Kier alpha value is -2.79. The van der Waals surface area contributed by atoms with Crippen molar-refractivity contribution in [3.8, 4) is 5.75 Å². The number of benzene rings is 2. The predicted molar refractivity (Wildman–Crippen MR) is 109 cm³/mol. The Morgan fingerprint density at radius 1 is 1.21 bits per heavy atom. The molecule has 142 valence electrons. The summed E-state index contributed by atoms with van der Waals surface area (Å²) in [5, 5.41) is 17.0. The lowest BCUT2D eigenvalue weighted by Crippen LogP contribution is -2.10. The van der Waals surface area contributed by atoms with Crippen LogP contribution in [0.2, 0.25) is 5.02 Å². The van der Waals surface area contributed by atoms with Gasteiger partial charge in [0.1, 0.15) is 11.3 Å². The van der Waals surface area contributed by atoms with Crippen molar-refractivity contribution in [1.29, 1.82) is 0 Å². The highest BCUT2D eigenvalue weighted by Gasteiger charge is 2.28. The number of nitrogens with one attached hydrogen (secondary N) is 1. The van der Waals surface area contributed by atoms with Crippen LogP contribution in [0.3, 0.4) is 0 Å². The van der Waals surface area contributed by atoms with Crippen LogP contribution in [0.25, 0.3) is 11.0 Å². The van der Waals surface area contributed by atoms with E-state index in [9.17, 15) is 9.90 Å². The first-order chi connectivity index (χ1) is 13.5. The highest BCUT2D eigenvalue weighted by Crippen LogP contribution is 2.39. The van der Waals surface area contributed by atoms with E-state index >= 15 is 0 Å². The Bertz CT molecular complexity index is 1200. The van der Waals surface area contributed by atoms with Crippen molar-refractivity contribution in [2.24, 2.45) is 5.10 Å². The fraction of sp³-hybridized carbons (Fsp3) is 0.273. The SMILES string of the molecule is Cc1cc2oc(=O)c3c(c2c(O)c1C1=NN[C@H](c2ccc(Cl)cc2)C1)CCC3. The van der Waals surface area contributed by atoms with E-state index in [0.717, 1.165) is 40.8 Å². The number of hydrogen-bond donors (Lipinski definition) is 2. The van der Waals surface area contributed by atoms with E-state index in [4.69, 9.17) is 16.0 Å². The van der Waals surface area contributed by atoms with Crippen LogP contribution in [0.5, 0.6) is 5.75 Å². The topological polar surface area (TPSA) is 74.8 Å². The van der Waals surface area contributed by atoms with E-state index in [1.54, 1.807) is 0 Å². The molecule has 1 aliphatic carbocycles. The maximum atomic E-state index is 12.2. The highest BCUT2D eigenvalue weighted by molar-refractivity contribution is 6.30. The molecule has 2 aliphatic rings. The number of fused-ring (bicyclic) bond motifs is 3. The minimum Gasteiger partial charge on any atom is -0.506 e. The summed E-state index contributed by atoms with van der Waals surface area (Å²) in [6, 6.07) is 9.55. The first-order valence-electron chi connectivity index (χ1n) is 9.42. The smallest absolute Gasteiger partial charge is 0.339 e. The van der Waals surface area contributed by atoms with Gasteiger partial charge in [0.25, 0.3) is 0 Å². The van der Waals surface area contributed by atoms with Gasteiger partial charge in [-0.05, 0) is 61.1 Å². The number of hydrazone groups is 1. The predicted octanol–water partition coefficient (Wildman–Crippen LogP) is 4.39. The maximum Gasteiger partial charge on any atom is 0.339 e. The molecule has 2 N–H and O–H groups in total. The number of aryl methyl sites for hydroxylation is 2. The van der Waals surface area contributed by atoms with Gasteiger partial charge in [-0.25, -0.2) is 4.79 Å². The lowest BCUT2D eigenvalue weighted by molar-refractivity contribution is 0.476. The van der Waals surface area contributed by atoms with Crippen molar-refractivity contribution in [3.05, 3.63) is 73.6 Å². The molecule has 1 atom stereocenters. The van der Waals surface area contributed by atoms with Crippen molar-refractivity contribution in [2.75, 3.05) is 0 Å². The fourth-order valence-electron chi connectivity index (χ4n) is 4.40. The molecule has 2 aromatic carbocycles. The molecule has 1 aliphatic heterocycles. The third-order valence-electron chi connectivity index (χ3n) is 5.74. The van der Waals surface area contributed by atoms with E-state index in [0.29, 0.717) is 34.4 Å². The first kappa shape index (κ1) is 17.3. The van der Waals surface area contributed by atoms with Crippen molar-refractivity contribution < 1.29 is 9.52 Å². The molecule has 0 fully saturated rings. The van der Waals surface area contributed by atoms with E-state index < -0.39 is 0 Å². The Kier molecular flexibility index (Phi) is 3.95. The minimum absolute atomic E-state index is 0.0289. The number of hydrogen-bond acceptors (Lipinski definition) is 5. The summed E-state index contributed by atoms with van der Waals surface area (Å²) in [5.41, 5.74) is 8.40. The zero-order chi connectivity index (χ0) is 19.4. The summed E-state index contributed by atoms with van der Waals surface area (Å²) in [5.74, 6) is 0.161. The van der Waals surface area contributed by atoms with E-state index in [-0.39, 0.29) is 17.4 Å². The second kappa shape index (κ2) is 6.38. The van der Waals surface area contributed by atoms with Crippen LogP contribution in [0.4, 0.5) is 0 Å². The number of halogens is 1. The van der Waals surface area contributed by atoms with E-state index in [1.807, 2.05) is 37.3 Å². The number of rotatable bonds is 2. The van der Waals surface area contributed by atoms with Crippen LogP contribution in [0.15, 0.2) is 44.6 Å². The van der Waals surface area contributed by atoms with E-state index in [2.05, 4.69) is 10.5 Å². The Balaban J connectivity index is 1.59. The van der Waals surface area contributed by atoms with Gasteiger partial charge < -0.3 is 14.9 Å². The lowest BCUT2D eigenvalue weighted by Gasteiger charge is -2.14. The average molecular weight is 395 g/mol. The molecule has 2 heterocycles. The number of phenols is 1. The van der Waals surface area contributed by atoms with Gasteiger partial charge in [-0.3, -0.25) is 0 Å². The Labute approximate surface area is 166 Å². The molecule has 0 saturated heterocycles. The molecule has 0 saturated carbocycles. The van der Waals surface area contributed by atoms with E-state index in [1.165, 1.54) is 0 Å².